The van der Waals surface area contributed by atoms with Crippen molar-refractivity contribution < 1.29 is 0 Å². The van der Waals surface area contributed by atoms with Gasteiger partial charge in [0.25, 0.3) is 0 Å². The lowest BCUT2D eigenvalue weighted by atomic mass is 9.64. The van der Waals surface area contributed by atoms with Crippen molar-refractivity contribution >= 4 is 5.96 Å². The maximum Gasteiger partial charge on any atom is 0.191 e. The van der Waals surface area contributed by atoms with Gasteiger partial charge >= 0.3 is 0 Å². The average Bonchev–Trinajstić information content (AvgIpc) is 3.20. The van der Waals surface area contributed by atoms with Crippen LogP contribution in [0.1, 0.15) is 36.2 Å². The van der Waals surface area contributed by atoms with Crippen LogP contribution in [-0.4, -0.2) is 35.6 Å². The predicted molar refractivity (Wildman–Crippen MR) is 123 cm³/mol. The Balaban J connectivity index is 1.28. The molecule has 1 saturated carbocycles. The van der Waals surface area contributed by atoms with Crippen LogP contribution in [-0.2, 0) is 18.4 Å². The summed E-state index contributed by atoms with van der Waals surface area (Å²) in [5.41, 5.74) is 2.96. The van der Waals surface area contributed by atoms with Crippen LogP contribution in [0.25, 0.3) is 0 Å². The average molecular weight is 402 g/mol. The number of imidazole rings is 1. The van der Waals surface area contributed by atoms with Crippen molar-refractivity contribution in [3.8, 4) is 0 Å². The summed E-state index contributed by atoms with van der Waals surface area (Å²) in [6.45, 7) is 2.56. The van der Waals surface area contributed by atoms with Crippen LogP contribution in [0.5, 0.6) is 0 Å². The van der Waals surface area contributed by atoms with Gasteiger partial charge in [0, 0.05) is 50.9 Å². The normalized spacial score (nSPS) is 15.4. The van der Waals surface area contributed by atoms with Gasteiger partial charge in [0.2, 0.25) is 0 Å². The molecule has 2 N–H and O–H groups in total. The van der Waals surface area contributed by atoms with Crippen LogP contribution in [0.2, 0.25) is 0 Å². The van der Waals surface area contributed by atoms with Crippen LogP contribution in [0.15, 0.2) is 78.0 Å². The van der Waals surface area contributed by atoms with E-state index in [0.717, 1.165) is 37.8 Å². The molecule has 1 heterocycles. The molecule has 30 heavy (non-hydrogen) atoms. The van der Waals surface area contributed by atoms with Crippen LogP contribution in [0.4, 0.5) is 0 Å². The van der Waals surface area contributed by atoms with E-state index in [4.69, 9.17) is 0 Å². The summed E-state index contributed by atoms with van der Waals surface area (Å²) in [5.74, 6) is 1.94. The van der Waals surface area contributed by atoms with E-state index in [1.807, 2.05) is 19.3 Å². The maximum atomic E-state index is 4.55. The van der Waals surface area contributed by atoms with Gasteiger partial charge in [-0.25, -0.2) is 4.98 Å². The Morgan fingerprint density at radius 3 is 2.43 bits per heavy atom. The zero-order valence-corrected chi connectivity index (χ0v) is 17.7. The number of rotatable bonds is 8. The second kappa shape index (κ2) is 9.61. The Morgan fingerprint density at radius 1 is 1.03 bits per heavy atom. The Kier molecular flexibility index (Phi) is 6.47. The van der Waals surface area contributed by atoms with E-state index in [0.29, 0.717) is 0 Å². The van der Waals surface area contributed by atoms with Crippen LogP contribution in [0, 0.1) is 0 Å². The number of aliphatic imine (C=N–C) groups is 1. The van der Waals surface area contributed by atoms with Gasteiger partial charge in [-0.3, -0.25) is 4.99 Å². The molecule has 0 spiro atoms. The molecule has 1 aliphatic rings. The second-order valence-electron chi connectivity index (χ2n) is 8.06. The van der Waals surface area contributed by atoms with Crippen LogP contribution in [0.3, 0.4) is 0 Å². The molecule has 0 unspecified atom stereocenters. The fourth-order valence-corrected chi connectivity index (χ4v) is 4.22. The van der Waals surface area contributed by atoms with Gasteiger partial charge < -0.3 is 15.2 Å². The zero-order chi connectivity index (χ0) is 20.7. The van der Waals surface area contributed by atoms with Gasteiger partial charge in [-0.05, 0) is 24.0 Å². The van der Waals surface area contributed by atoms with Crippen molar-refractivity contribution in [2.24, 2.45) is 4.99 Å². The Morgan fingerprint density at radius 2 is 1.77 bits per heavy atom. The van der Waals surface area contributed by atoms with Crippen molar-refractivity contribution in [3.63, 3.8) is 0 Å². The van der Waals surface area contributed by atoms with Crippen LogP contribution < -0.4 is 10.6 Å². The molecule has 4 rings (SSSR count). The molecule has 1 fully saturated rings. The second-order valence-corrected chi connectivity index (χ2v) is 8.06. The molecule has 5 heteroatoms. The summed E-state index contributed by atoms with van der Waals surface area (Å²) in [6.07, 6.45) is 8.55. The third-order valence-electron chi connectivity index (χ3n) is 6.15. The number of guanidine groups is 1. The van der Waals surface area contributed by atoms with Crippen LogP contribution >= 0.6 is 0 Å². The topological polar surface area (TPSA) is 54.2 Å². The first-order chi connectivity index (χ1) is 14.8. The minimum atomic E-state index is 0.241. The molecule has 0 atom stereocenters. The van der Waals surface area contributed by atoms with Crippen molar-refractivity contribution in [3.05, 3.63) is 90.0 Å². The lowest BCUT2D eigenvalue weighted by Gasteiger charge is -2.43. The third kappa shape index (κ3) is 4.73. The summed E-state index contributed by atoms with van der Waals surface area (Å²) < 4.78 is 2.21. The Labute approximate surface area is 179 Å². The fraction of sp³-hybridized carbons (Fsp3) is 0.360. The molecule has 1 aromatic heterocycles. The number of aromatic nitrogens is 2. The SMILES string of the molecule is CN=C(NCCc1nccn1Cc1ccccc1)NCC1(c2ccccc2)CCC1. The monoisotopic (exact) mass is 401 g/mol. The van der Waals surface area contributed by atoms with E-state index in [2.05, 4.69) is 86.0 Å². The first-order valence-corrected chi connectivity index (χ1v) is 10.8. The van der Waals surface area contributed by atoms with E-state index in [1.165, 1.54) is 30.4 Å². The maximum absolute atomic E-state index is 4.55. The van der Waals surface area contributed by atoms with E-state index < -0.39 is 0 Å². The number of hydrogen-bond acceptors (Lipinski definition) is 2. The van der Waals surface area contributed by atoms with E-state index >= 15 is 0 Å². The summed E-state index contributed by atoms with van der Waals surface area (Å²) in [7, 11) is 1.83. The highest BCUT2D eigenvalue weighted by Gasteiger charge is 2.38. The molecular weight excluding hydrogens is 370 g/mol. The molecule has 3 aromatic rings. The first kappa shape index (κ1) is 20.2. The summed E-state index contributed by atoms with van der Waals surface area (Å²) >= 11 is 0. The number of hydrogen-bond donors (Lipinski definition) is 2. The minimum Gasteiger partial charge on any atom is -0.356 e. The van der Waals surface area contributed by atoms with Gasteiger partial charge in [-0.15, -0.1) is 0 Å². The Hall–Kier alpha value is -3.08. The summed E-state index contributed by atoms with van der Waals surface area (Å²) in [5, 5.41) is 7.01. The quantitative estimate of drug-likeness (QED) is 0.446. The highest BCUT2D eigenvalue weighted by molar-refractivity contribution is 5.79. The lowest BCUT2D eigenvalue weighted by molar-refractivity contribution is 0.244. The molecule has 2 aromatic carbocycles. The smallest absolute Gasteiger partial charge is 0.191 e. The highest BCUT2D eigenvalue weighted by atomic mass is 15.2. The van der Waals surface area contributed by atoms with E-state index in [1.54, 1.807) is 0 Å². The number of nitrogens with one attached hydrogen (secondary N) is 2. The predicted octanol–water partition coefficient (Wildman–Crippen LogP) is 3.76. The van der Waals surface area contributed by atoms with Gasteiger partial charge in [0.05, 0.1) is 0 Å². The van der Waals surface area contributed by atoms with Gasteiger partial charge in [0.15, 0.2) is 5.96 Å². The lowest BCUT2D eigenvalue weighted by Crippen LogP contribution is -2.49. The molecule has 5 nitrogen and oxygen atoms in total. The molecule has 0 saturated heterocycles. The molecule has 0 bridgehead atoms. The molecule has 0 aliphatic heterocycles. The number of benzene rings is 2. The number of nitrogens with zero attached hydrogens (tertiary/aromatic N) is 3. The highest BCUT2D eigenvalue weighted by Crippen LogP contribution is 2.43. The largest absolute Gasteiger partial charge is 0.356 e. The van der Waals surface area contributed by atoms with Crippen molar-refractivity contribution in [2.75, 3.05) is 20.1 Å². The van der Waals surface area contributed by atoms with Gasteiger partial charge in [-0.1, -0.05) is 67.1 Å². The molecule has 0 radical (unpaired) electrons. The molecular formula is C25H31N5. The van der Waals surface area contributed by atoms with Crippen molar-refractivity contribution in [1.29, 1.82) is 0 Å². The van der Waals surface area contributed by atoms with E-state index in [9.17, 15) is 0 Å². The third-order valence-corrected chi connectivity index (χ3v) is 6.15. The summed E-state index contributed by atoms with van der Waals surface area (Å²) in [6, 6.07) is 21.4. The van der Waals surface area contributed by atoms with Crippen molar-refractivity contribution in [1.82, 2.24) is 20.2 Å². The fourth-order valence-electron chi connectivity index (χ4n) is 4.22. The first-order valence-electron chi connectivity index (χ1n) is 10.8. The molecule has 1 aliphatic carbocycles. The molecule has 0 amide bonds. The zero-order valence-electron chi connectivity index (χ0n) is 17.7. The van der Waals surface area contributed by atoms with E-state index in [-0.39, 0.29) is 5.41 Å². The van der Waals surface area contributed by atoms with Gasteiger partial charge in [0.1, 0.15) is 5.82 Å². The standard InChI is InChI=1S/C25H31N5/c1-26-24(29-20-25(14-8-15-25)22-11-6-3-7-12-22)28-16-13-23-27-17-18-30(23)19-21-9-4-2-5-10-21/h2-7,9-12,17-18H,8,13-16,19-20H2,1H3,(H2,26,28,29). The van der Waals surface area contributed by atoms with Gasteiger partial charge in [-0.2, -0.15) is 0 Å². The minimum absolute atomic E-state index is 0.241. The summed E-state index contributed by atoms with van der Waals surface area (Å²) in [4.78, 5) is 8.96. The molecule has 156 valence electrons. The Bertz CT molecular complexity index is 942. The van der Waals surface area contributed by atoms with Crippen molar-refractivity contribution in [2.45, 2.75) is 37.6 Å².